The number of nitrogens with zero attached hydrogens (tertiary/aromatic N) is 3. The highest BCUT2D eigenvalue weighted by atomic mass is 32.2. The maximum Gasteiger partial charge on any atom is 0.255 e. The summed E-state index contributed by atoms with van der Waals surface area (Å²) in [5, 5.41) is 9.26. The van der Waals surface area contributed by atoms with Crippen molar-refractivity contribution in [3.63, 3.8) is 0 Å². The molecule has 2 aliphatic carbocycles. The van der Waals surface area contributed by atoms with Gasteiger partial charge >= 0.3 is 0 Å². The molecular weight excluding hydrogens is 352 g/mol. The van der Waals surface area contributed by atoms with Crippen LogP contribution in [-0.2, 0) is 10.0 Å². The molecule has 2 aromatic heterocycles. The standard InChI is InChI=1S/C18H24N4O3S/c1-18(2)14(12-8-9-13(20-10-12)26(19,23)24)15(18)16-21-17(25-22-16)11-6-4-3-5-7-11/h8-11,14-15H,3-7H2,1-2H3,(H2,19,23,24)/t14-,15+/m0/s1. The Kier molecular flexibility index (Phi) is 4.15. The van der Waals surface area contributed by atoms with Crippen LogP contribution in [0, 0.1) is 5.41 Å². The first-order valence-corrected chi connectivity index (χ1v) is 10.7. The average molecular weight is 376 g/mol. The van der Waals surface area contributed by atoms with Crippen LogP contribution in [0.25, 0.3) is 0 Å². The molecule has 0 radical (unpaired) electrons. The Hall–Kier alpha value is -1.80. The van der Waals surface area contributed by atoms with Crippen molar-refractivity contribution < 1.29 is 12.9 Å². The van der Waals surface area contributed by atoms with Crippen molar-refractivity contribution in [3.05, 3.63) is 35.6 Å². The van der Waals surface area contributed by atoms with Gasteiger partial charge < -0.3 is 4.52 Å². The summed E-state index contributed by atoms with van der Waals surface area (Å²) in [6.45, 7) is 4.32. The van der Waals surface area contributed by atoms with Gasteiger partial charge in [0, 0.05) is 24.0 Å². The van der Waals surface area contributed by atoms with Gasteiger partial charge in [0.2, 0.25) is 5.89 Å². The number of hydrogen-bond acceptors (Lipinski definition) is 6. The van der Waals surface area contributed by atoms with E-state index in [1.54, 1.807) is 12.3 Å². The second kappa shape index (κ2) is 6.13. The first-order valence-electron chi connectivity index (χ1n) is 9.11. The normalized spacial score (nSPS) is 26.0. The molecule has 2 aliphatic rings. The minimum atomic E-state index is -3.78. The highest BCUT2D eigenvalue weighted by Gasteiger charge is 2.61. The largest absolute Gasteiger partial charge is 0.339 e. The molecule has 0 saturated heterocycles. The summed E-state index contributed by atoms with van der Waals surface area (Å²) >= 11 is 0. The maximum atomic E-state index is 11.4. The Balaban J connectivity index is 1.55. The van der Waals surface area contributed by atoms with E-state index in [0.29, 0.717) is 5.92 Å². The van der Waals surface area contributed by atoms with E-state index in [2.05, 4.69) is 24.0 Å². The van der Waals surface area contributed by atoms with Crippen LogP contribution in [0.5, 0.6) is 0 Å². The van der Waals surface area contributed by atoms with E-state index in [4.69, 9.17) is 14.6 Å². The van der Waals surface area contributed by atoms with Gasteiger partial charge in [-0.1, -0.05) is 44.3 Å². The Labute approximate surface area is 153 Å². The molecule has 26 heavy (non-hydrogen) atoms. The monoisotopic (exact) mass is 376 g/mol. The molecule has 2 N–H and O–H groups in total. The predicted octanol–water partition coefficient (Wildman–Crippen LogP) is 3.07. The minimum absolute atomic E-state index is 0.0293. The lowest BCUT2D eigenvalue weighted by Gasteiger charge is -2.17. The van der Waals surface area contributed by atoms with Crippen LogP contribution < -0.4 is 5.14 Å². The molecule has 8 heteroatoms. The molecule has 2 saturated carbocycles. The lowest BCUT2D eigenvalue weighted by atomic mass is 9.89. The van der Waals surface area contributed by atoms with Crippen molar-refractivity contribution in [1.29, 1.82) is 0 Å². The number of nitrogens with two attached hydrogens (primary N) is 1. The smallest absolute Gasteiger partial charge is 0.255 e. The van der Waals surface area contributed by atoms with E-state index in [1.165, 1.54) is 25.3 Å². The molecule has 7 nitrogen and oxygen atoms in total. The van der Waals surface area contributed by atoms with Crippen LogP contribution in [0.2, 0.25) is 0 Å². The Bertz CT molecular complexity index is 899. The van der Waals surface area contributed by atoms with Crippen molar-refractivity contribution >= 4 is 10.0 Å². The van der Waals surface area contributed by atoms with Gasteiger partial charge in [-0.25, -0.2) is 18.5 Å². The van der Waals surface area contributed by atoms with Gasteiger partial charge in [0.1, 0.15) is 0 Å². The quantitative estimate of drug-likeness (QED) is 0.877. The van der Waals surface area contributed by atoms with Gasteiger partial charge in [-0.05, 0) is 29.9 Å². The number of rotatable bonds is 4. The molecule has 2 atom stereocenters. The fourth-order valence-electron chi connectivity index (χ4n) is 4.37. The van der Waals surface area contributed by atoms with E-state index >= 15 is 0 Å². The first kappa shape index (κ1) is 17.6. The summed E-state index contributed by atoms with van der Waals surface area (Å²) in [6, 6.07) is 3.24. The Morgan fingerprint density at radius 1 is 1.15 bits per heavy atom. The summed E-state index contributed by atoms with van der Waals surface area (Å²) in [5.74, 6) is 2.23. The number of pyridine rings is 1. The van der Waals surface area contributed by atoms with Gasteiger partial charge in [-0.15, -0.1) is 0 Å². The van der Waals surface area contributed by atoms with E-state index in [9.17, 15) is 8.42 Å². The van der Waals surface area contributed by atoms with Gasteiger partial charge in [0.05, 0.1) is 0 Å². The van der Waals surface area contributed by atoms with E-state index < -0.39 is 10.0 Å². The van der Waals surface area contributed by atoms with Crippen LogP contribution >= 0.6 is 0 Å². The lowest BCUT2D eigenvalue weighted by molar-refractivity contribution is 0.311. The molecule has 140 valence electrons. The molecule has 0 spiro atoms. The van der Waals surface area contributed by atoms with Crippen LogP contribution in [-0.4, -0.2) is 23.5 Å². The summed E-state index contributed by atoms with van der Waals surface area (Å²) in [4.78, 5) is 8.72. The average Bonchev–Trinajstić information content (AvgIpc) is 2.95. The SMILES string of the molecule is CC1(C)[C@@H](c2ccc(S(N)(=O)=O)nc2)[C@@H]1c1noc(C2CCCCC2)n1. The van der Waals surface area contributed by atoms with Crippen molar-refractivity contribution in [2.24, 2.45) is 10.6 Å². The van der Waals surface area contributed by atoms with Crippen molar-refractivity contribution in [2.45, 2.75) is 68.7 Å². The molecular formula is C18H24N4O3S. The Morgan fingerprint density at radius 2 is 1.88 bits per heavy atom. The molecule has 0 bridgehead atoms. The van der Waals surface area contributed by atoms with E-state index in [-0.39, 0.29) is 22.3 Å². The van der Waals surface area contributed by atoms with Crippen LogP contribution in [0.15, 0.2) is 27.9 Å². The molecule has 0 unspecified atom stereocenters. The van der Waals surface area contributed by atoms with Gasteiger partial charge in [0.25, 0.3) is 10.0 Å². The minimum Gasteiger partial charge on any atom is -0.339 e. The molecule has 0 aromatic carbocycles. The summed E-state index contributed by atoms with van der Waals surface area (Å²) in [6.07, 6.45) is 7.57. The zero-order chi connectivity index (χ0) is 18.5. The summed E-state index contributed by atoms with van der Waals surface area (Å²) in [5.41, 5.74) is 0.940. The third-order valence-corrected chi connectivity index (χ3v) is 6.75. The van der Waals surface area contributed by atoms with Crippen LogP contribution in [0.3, 0.4) is 0 Å². The number of hydrogen-bond donors (Lipinski definition) is 1. The van der Waals surface area contributed by atoms with Gasteiger partial charge in [-0.3, -0.25) is 0 Å². The van der Waals surface area contributed by atoms with E-state index in [0.717, 1.165) is 30.1 Å². The second-order valence-corrected chi connectivity index (χ2v) is 9.59. The first-order chi connectivity index (χ1) is 12.3. The fourth-order valence-corrected chi connectivity index (χ4v) is 4.83. The molecule has 2 heterocycles. The topological polar surface area (TPSA) is 112 Å². The van der Waals surface area contributed by atoms with Crippen molar-refractivity contribution in [3.8, 4) is 0 Å². The number of primary sulfonamides is 1. The molecule has 0 amide bonds. The molecule has 4 rings (SSSR count). The molecule has 0 aliphatic heterocycles. The highest BCUT2D eigenvalue weighted by Crippen LogP contribution is 2.69. The summed E-state index contributed by atoms with van der Waals surface area (Å²) in [7, 11) is -3.78. The predicted molar refractivity (Wildman–Crippen MR) is 95.0 cm³/mol. The van der Waals surface area contributed by atoms with E-state index in [1.807, 2.05) is 0 Å². The molecule has 2 fully saturated rings. The van der Waals surface area contributed by atoms with Crippen molar-refractivity contribution in [1.82, 2.24) is 15.1 Å². The highest BCUT2D eigenvalue weighted by molar-refractivity contribution is 7.89. The number of sulfonamides is 1. The molecule has 2 aromatic rings. The maximum absolute atomic E-state index is 11.4. The zero-order valence-corrected chi connectivity index (χ0v) is 15.9. The Morgan fingerprint density at radius 3 is 2.50 bits per heavy atom. The zero-order valence-electron chi connectivity index (χ0n) is 15.1. The third kappa shape index (κ3) is 3.05. The fraction of sp³-hybridized carbons (Fsp3) is 0.611. The number of aromatic nitrogens is 3. The van der Waals surface area contributed by atoms with Crippen LogP contribution in [0.1, 0.15) is 81.0 Å². The van der Waals surface area contributed by atoms with Gasteiger partial charge in [-0.2, -0.15) is 4.98 Å². The van der Waals surface area contributed by atoms with Gasteiger partial charge in [0.15, 0.2) is 10.9 Å². The van der Waals surface area contributed by atoms with Crippen molar-refractivity contribution in [2.75, 3.05) is 0 Å². The van der Waals surface area contributed by atoms with Crippen LogP contribution in [0.4, 0.5) is 0 Å². The lowest BCUT2D eigenvalue weighted by Crippen LogP contribution is -2.13. The third-order valence-electron chi connectivity index (χ3n) is 5.93. The second-order valence-electron chi connectivity index (χ2n) is 8.08. The summed E-state index contributed by atoms with van der Waals surface area (Å²) < 4.78 is 28.3.